The van der Waals surface area contributed by atoms with Crippen molar-refractivity contribution < 1.29 is 9.53 Å². The first-order chi connectivity index (χ1) is 13.4. The number of fused-ring (bicyclic) bond motifs is 1. The van der Waals surface area contributed by atoms with Crippen molar-refractivity contribution in [2.75, 3.05) is 13.7 Å². The van der Waals surface area contributed by atoms with E-state index in [0.717, 1.165) is 28.0 Å². The van der Waals surface area contributed by atoms with Gasteiger partial charge in [-0.25, -0.2) is 9.67 Å². The van der Waals surface area contributed by atoms with Crippen LogP contribution in [0.3, 0.4) is 0 Å². The van der Waals surface area contributed by atoms with Gasteiger partial charge in [0.2, 0.25) is 0 Å². The molecule has 1 aromatic carbocycles. The molecule has 1 N–H and O–H groups in total. The highest BCUT2D eigenvalue weighted by atomic mass is 16.5. The van der Waals surface area contributed by atoms with E-state index in [4.69, 9.17) is 9.72 Å². The molecule has 0 bridgehead atoms. The van der Waals surface area contributed by atoms with Crippen LogP contribution in [-0.2, 0) is 6.42 Å². The van der Waals surface area contributed by atoms with Gasteiger partial charge in [-0.15, -0.1) is 0 Å². The number of carbonyl (C=O) groups is 1. The predicted molar refractivity (Wildman–Crippen MR) is 111 cm³/mol. The maximum atomic E-state index is 13.0. The summed E-state index contributed by atoms with van der Waals surface area (Å²) in [6.07, 6.45) is 2.44. The van der Waals surface area contributed by atoms with Crippen LogP contribution in [-0.4, -0.2) is 34.3 Å². The number of hydrogen-bond acceptors (Lipinski definition) is 4. The van der Waals surface area contributed by atoms with Crippen LogP contribution < -0.4 is 10.1 Å². The van der Waals surface area contributed by atoms with Gasteiger partial charge in [0.15, 0.2) is 5.65 Å². The highest BCUT2D eigenvalue weighted by Crippen LogP contribution is 2.24. The Hall–Kier alpha value is -2.89. The Balaban J connectivity index is 1.84. The summed E-state index contributed by atoms with van der Waals surface area (Å²) in [6.45, 7) is 8.80. The van der Waals surface area contributed by atoms with Gasteiger partial charge in [0.25, 0.3) is 5.91 Å². The van der Waals surface area contributed by atoms with Crippen molar-refractivity contribution in [2.45, 2.75) is 46.1 Å². The molecule has 2 heterocycles. The highest BCUT2D eigenvalue weighted by molar-refractivity contribution is 6.05. The summed E-state index contributed by atoms with van der Waals surface area (Å²) in [5.41, 5.74) is 3.35. The molecule has 0 radical (unpaired) electrons. The van der Waals surface area contributed by atoms with E-state index >= 15 is 0 Å². The molecule has 148 valence electrons. The van der Waals surface area contributed by atoms with Gasteiger partial charge in [0.1, 0.15) is 5.75 Å². The lowest BCUT2D eigenvalue weighted by Crippen LogP contribution is -2.26. The fraction of sp³-hybridized carbons (Fsp3) is 0.409. The number of nitrogens with zero attached hydrogens (tertiary/aromatic N) is 3. The Morgan fingerprint density at radius 2 is 1.96 bits per heavy atom. The van der Waals surface area contributed by atoms with Gasteiger partial charge in [0.05, 0.1) is 24.3 Å². The molecular formula is C22H28N4O2. The topological polar surface area (TPSA) is 69.0 Å². The maximum Gasteiger partial charge on any atom is 0.252 e. The van der Waals surface area contributed by atoms with Crippen molar-refractivity contribution in [3.63, 3.8) is 0 Å². The predicted octanol–water partition coefficient (Wildman–Crippen LogP) is 4.12. The smallest absolute Gasteiger partial charge is 0.252 e. The number of nitrogens with one attached hydrogen (secondary N) is 1. The van der Waals surface area contributed by atoms with Gasteiger partial charge in [0, 0.05) is 18.3 Å². The normalized spacial score (nSPS) is 11.4. The molecule has 6 nitrogen and oxygen atoms in total. The van der Waals surface area contributed by atoms with E-state index in [-0.39, 0.29) is 17.9 Å². The fourth-order valence-electron chi connectivity index (χ4n) is 3.21. The molecule has 6 heteroatoms. The molecule has 0 spiro atoms. The molecule has 0 aliphatic rings. The second-order valence-corrected chi connectivity index (χ2v) is 7.49. The monoisotopic (exact) mass is 380 g/mol. The fourth-order valence-corrected chi connectivity index (χ4v) is 3.21. The minimum atomic E-state index is -0.104. The van der Waals surface area contributed by atoms with Crippen molar-refractivity contribution in [3.05, 3.63) is 53.3 Å². The third kappa shape index (κ3) is 4.01. The van der Waals surface area contributed by atoms with E-state index in [0.29, 0.717) is 18.5 Å². The van der Waals surface area contributed by atoms with Crippen molar-refractivity contribution in [1.82, 2.24) is 20.1 Å². The van der Waals surface area contributed by atoms with Crippen LogP contribution >= 0.6 is 0 Å². The number of aromatic nitrogens is 3. The van der Waals surface area contributed by atoms with Crippen LogP contribution in [0.25, 0.3) is 11.0 Å². The number of benzene rings is 1. The van der Waals surface area contributed by atoms with E-state index in [1.165, 1.54) is 0 Å². The minimum Gasteiger partial charge on any atom is -0.496 e. The SMILES string of the molecule is COc1ccccc1CCNC(=O)c1cc(C(C)C)nc2c1cnn2C(C)C. The molecule has 1 amide bonds. The number of carbonyl (C=O) groups excluding carboxylic acids is 1. The molecule has 0 saturated heterocycles. The lowest BCUT2D eigenvalue weighted by Gasteiger charge is -2.13. The Morgan fingerprint density at radius 3 is 2.64 bits per heavy atom. The summed E-state index contributed by atoms with van der Waals surface area (Å²) in [5.74, 6) is 0.955. The summed E-state index contributed by atoms with van der Waals surface area (Å²) >= 11 is 0. The number of para-hydroxylation sites is 1. The number of ether oxygens (including phenoxy) is 1. The molecule has 0 aliphatic carbocycles. The van der Waals surface area contributed by atoms with Crippen molar-refractivity contribution in [1.29, 1.82) is 0 Å². The zero-order chi connectivity index (χ0) is 20.3. The van der Waals surface area contributed by atoms with Gasteiger partial charge in [-0.05, 0) is 43.9 Å². The summed E-state index contributed by atoms with van der Waals surface area (Å²) < 4.78 is 7.25. The van der Waals surface area contributed by atoms with Crippen LogP contribution in [0.1, 0.15) is 61.3 Å². The molecule has 0 atom stereocenters. The van der Waals surface area contributed by atoms with E-state index in [2.05, 4.69) is 38.1 Å². The molecule has 0 fully saturated rings. The molecule has 28 heavy (non-hydrogen) atoms. The molecule has 0 saturated carbocycles. The zero-order valence-corrected chi connectivity index (χ0v) is 17.2. The summed E-state index contributed by atoms with van der Waals surface area (Å²) in [6, 6.07) is 9.92. The molecule has 2 aromatic heterocycles. The van der Waals surface area contributed by atoms with Crippen LogP contribution in [0.5, 0.6) is 5.75 Å². The van der Waals surface area contributed by atoms with Crippen molar-refractivity contribution in [3.8, 4) is 5.75 Å². The Bertz CT molecular complexity index is 976. The molecule has 3 aromatic rings. The molecule has 0 unspecified atom stereocenters. The second-order valence-electron chi connectivity index (χ2n) is 7.49. The average Bonchev–Trinajstić information content (AvgIpc) is 3.11. The Labute approximate surface area is 165 Å². The third-order valence-electron chi connectivity index (χ3n) is 4.78. The Morgan fingerprint density at radius 1 is 1.21 bits per heavy atom. The minimum absolute atomic E-state index is 0.104. The van der Waals surface area contributed by atoms with Crippen LogP contribution in [0.2, 0.25) is 0 Å². The van der Waals surface area contributed by atoms with Gasteiger partial charge < -0.3 is 10.1 Å². The number of hydrogen-bond donors (Lipinski definition) is 1. The van der Waals surface area contributed by atoms with E-state index < -0.39 is 0 Å². The first kappa shape index (κ1) is 19.9. The standard InChI is InChI=1S/C22H28N4O2/c1-14(2)19-12-17(18-13-24-26(15(3)4)21(18)25-19)22(27)23-11-10-16-8-6-7-9-20(16)28-5/h6-9,12-15H,10-11H2,1-5H3,(H,23,27). The van der Waals surface area contributed by atoms with Crippen LogP contribution in [0.15, 0.2) is 36.5 Å². The van der Waals surface area contributed by atoms with Crippen LogP contribution in [0.4, 0.5) is 0 Å². The van der Waals surface area contributed by atoms with Gasteiger partial charge in [-0.2, -0.15) is 5.10 Å². The molecule has 3 rings (SSSR count). The zero-order valence-electron chi connectivity index (χ0n) is 17.2. The number of rotatable bonds is 7. The van der Waals surface area contributed by atoms with E-state index in [1.807, 2.05) is 35.0 Å². The van der Waals surface area contributed by atoms with E-state index in [1.54, 1.807) is 13.3 Å². The van der Waals surface area contributed by atoms with Gasteiger partial charge in [-0.1, -0.05) is 32.0 Å². The largest absolute Gasteiger partial charge is 0.496 e. The molecular weight excluding hydrogens is 352 g/mol. The lowest BCUT2D eigenvalue weighted by atomic mass is 10.0. The van der Waals surface area contributed by atoms with Gasteiger partial charge in [-0.3, -0.25) is 4.79 Å². The summed E-state index contributed by atoms with van der Waals surface area (Å²) in [4.78, 5) is 17.7. The summed E-state index contributed by atoms with van der Waals surface area (Å²) in [7, 11) is 1.66. The average molecular weight is 380 g/mol. The second kappa shape index (κ2) is 8.42. The van der Waals surface area contributed by atoms with E-state index in [9.17, 15) is 4.79 Å². The summed E-state index contributed by atoms with van der Waals surface area (Å²) in [5, 5.41) is 8.27. The third-order valence-corrected chi connectivity index (χ3v) is 4.78. The van der Waals surface area contributed by atoms with Crippen molar-refractivity contribution in [2.24, 2.45) is 0 Å². The number of amides is 1. The maximum absolute atomic E-state index is 13.0. The highest BCUT2D eigenvalue weighted by Gasteiger charge is 2.18. The van der Waals surface area contributed by atoms with Gasteiger partial charge >= 0.3 is 0 Å². The van der Waals surface area contributed by atoms with Crippen molar-refractivity contribution >= 4 is 16.9 Å². The molecule has 0 aliphatic heterocycles. The number of methoxy groups -OCH3 is 1. The first-order valence-electron chi connectivity index (χ1n) is 9.70. The Kier molecular flexibility index (Phi) is 5.97. The quantitative estimate of drug-likeness (QED) is 0.669. The first-order valence-corrected chi connectivity index (χ1v) is 9.70. The number of pyridine rings is 1. The lowest BCUT2D eigenvalue weighted by molar-refractivity contribution is 0.0955. The van der Waals surface area contributed by atoms with Crippen LogP contribution in [0, 0.1) is 0 Å².